The van der Waals surface area contributed by atoms with Crippen LogP contribution in [0.1, 0.15) is 50.4 Å². The molecule has 1 aliphatic heterocycles. The van der Waals surface area contributed by atoms with Crippen LogP contribution in [-0.2, 0) is 14.3 Å². The summed E-state index contributed by atoms with van der Waals surface area (Å²) in [6.45, 7) is 5.95. The zero-order valence-electron chi connectivity index (χ0n) is 19.9. The quantitative estimate of drug-likeness (QED) is 0.558. The van der Waals surface area contributed by atoms with Crippen LogP contribution in [0.15, 0.2) is 48.5 Å². The number of nitrogens with one attached hydrogen (secondary N) is 1. The summed E-state index contributed by atoms with van der Waals surface area (Å²) < 4.78 is 16.2. The highest BCUT2D eigenvalue weighted by Crippen LogP contribution is 2.24. The molecule has 1 aliphatic rings. The number of benzene rings is 2. The summed E-state index contributed by atoms with van der Waals surface area (Å²) in [6, 6.07) is 13.7. The van der Waals surface area contributed by atoms with Gasteiger partial charge in [0.15, 0.2) is 13.2 Å². The molecule has 0 aliphatic carbocycles. The van der Waals surface area contributed by atoms with Gasteiger partial charge in [0.25, 0.3) is 11.8 Å². The van der Waals surface area contributed by atoms with Crippen molar-refractivity contribution in [1.29, 1.82) is 0 Å². The van der Waals surface area contributed by atoms with Crippen LogP contribution in [0.3, 0.4) is 0 Å². The van der Waals surface area contributed by atoms with Crippen LogP contribution in [0.2, 0.25) is 0 Å². The third-order valence-electron chi connectivity index (χ3n) is 5.73. The first-order valence-electron chi connectivity index (χ1n) is 11.6. The first-order valence-corrected chi connectivity index (χ1v) is 11.6. The fourth-order valence-electron chi connectivity index (χ4n) is 4.07. The molecule has 1 heterocycles. The molecular weight excluding hydrogens is 436 g/mol. The maximum Gasteiger partial charge on any atom is 0.338 e. The first kappa shape index (κ1) is 25.1. The van der Waals surface area contributed by atoms with Crippen LogP contribution >= 0.6 is 0 Å². The van der Waals surface area contributed by atoms with E-state index in [4.69, 9.17) is 14.2 Å². The van der Waals surface area contributed by atoms with Gasteiger partial charge in [-0.3, -0.25) is 9.59 Å². The summed E-state index contributed by atoms with van der Waals surface area (Å²) in [5.41, 5.74) is 0.786. The molecule has 1 N–H and O–H groups in total. The predicted molar refractivity (Wildman–Crippen MR) is 128 cm³/mol. The van der Waals surface area contributed by atoms with E-state index in [-0.39, 0.29) is 30.2 Å². The van der Waals surface area contributed by atoms with E-state index >= 15 is 0 Å². The number of hydrogen-bond acceptors (Lipinski definition) is 6. The highest BCUT2D eigenvalue weighted by Gasteiger charge is 2.29. The number of likely N-dealkylation sites (tertiary alicyclic amines) is 1. The average Bonchev–Trinajstić information content (AvgIpc) is 2.83. The predicted octanol–water partition coefficient (Wildman–Crippen LogP) is 4.05. The third kappa shape index (κ3) is 6.73. The topological polar surface area (TPSA) is 94.2 Å². The zero-order valence-corrected chi connectivity index (χ0v) is 19.9. The number of hydrogen-bond donors (Lipinski definition) is 1. The molecule has 0 spiro atoms. The second-order valence-corrected chi connectivity index (χ2v) is 8.30. The van der Waals surface area contributed by atoms with Gasteiger partial charge in [-0.15, -0.1) is 0 Å². The fraction of sp³-hybridized carbons (Fsp3) is 0.423. The molecule has 0 radical (unpaired) electrons. The van der Waals surface area contributed by atoms with Gasteiger partial charge in [0.2, 0.25) is 0 Å². The molecule has 0 aromatic heterocycles. The van der Waals surface area contributed by atoms with Crippen LogP contribution in [-0.4, -0.2) is 54.6 Å². The van der Waals surface area contributed by atoms with Gasteiger partial charge < -0.3 is 24.4 Å². The smallest absolute Gasteiger partial charge is 0.338 e. The van der Waals surface area contributed by atoms with Gasteiger partial charge in [0, 0.05) is 12.1 Å². The molecule has 0 unspecified atom stereocenters. The lowest BCUT2D eigenvalue weighted by molar-refractivity contribution is -0.139. The number of piperidine rings is 1. The Hall–Kier alpha value is -3.55. The Morgan fingerprint density at radius 1 is 0.941 bits per heavy atom. The van der Waals surface area contributed by atoms with Crippen molar-refractivity contribution in [2.24, 2.45) is 0 Å². The number of carbonyl (C=O) groups excluding carboxylic acids is 3. The van der Waals surface area contributed by atoms with E-state index < -0.39 is 18.5 Å². The number of para-hydroxylation sites is 2. The number of anilines is 1. The van der Waals surface area contributed by atoms with Crippen molar-refractivity contribution < 1.29 is 28.6 Å². The zero-order chi connectivity index (χ0) is 24.5. The van der Waals surface area contributed by atoms with Gasteiger partial charge >= 0.3 is 5.97 Å². The Balaban J connectivity index is 1.46. The maximum atomic E-state index is 12.6. The number of carbonyl (C=O) groups is 3. The maximum absolute atomic E-state index is 12.6. The molecule has 1 fully saturated rings. The lowest BCUT2D eigenvalue weighted by Gasteiger charge is -2.38. The second-order valence-electron chi connectivity index (χ2n) is 8.30. The molecule has 8 nitrogen and oxygen atoms in total. The summed E-state index contributed by atoms with van der Waals surface area (Å²) >= 11 is 0. The summed E-state index contributed by atoms with van der Waals surface area (Å²) in [5.74, 6) is -0.123. The summed E-state index contributed by atoms with van der Waals surface area (Å²) in [5, 5.41) is 2.67. The van der Waals surface area contributed by atoms with E-state index in [1.807, 2.05) is 11.8 Å². The molecule has 0 saturated carbocycles. The third-order valence-corrected chi connectivity index (χ3v) is 5.73. The highest BCUT2D eigenvalue weighted by molar-refractivity contribution is 5.96. The van der Waals surface area contributed by atoms with E-state index in [9.17, 15) is 14.4 Å². The molecule has 0 bridgehead atoms. The van der Waals surface area contributed by atoms with E-state index in [1.54, 1.807) is 36.4 Å². The molecule has 2 aromatic rings. The average molecular weight is 469 g/mol. The summed E-state index contributed by atoms with van der Waals surface area (Å²) in [4.78, 5) is 39.0. The van der Waals surface area contributed by atoms with Gasteiger partial charge in [-0.05, 0) is 76.4 Å². The van der Waals surface area contributed by atoms with Crippen LogP contribution in [0, 0.1) is 0 Å². The van der Waals surface area contributed by atoms with Crippen molar-refractivity contribution >= 4 is 23.5 Å². The Morgan fingerprint density at radius 3 is 2.29 bits per heavy atom. The largest absolute Gasteiger partial charge is 0.492 e. The summed E-state index contributed by atoms with van der Waals surface area (Å²) in [7, 11) is 0. The van der Waals surface area contributed by atoms with Crippen molar-refractivity contribution in [3.63, 3.8) is 0 Å². The van der Waals surface area contributed by atoms with Gasteiger partial charge in [0.05, 0.1) is 17.9 Å². The Morgan fingerprint density at radius 2 is 1.62 bits per heavy atom. The molecule has 1 saturated heterocycles. The van der Waals surface area contributed by atoms with Crippen LogP contribution in [0.4, 0.5) is 5.69 Å². The van der Waals surface area contributed by atoms with Crippen molar-refractivity contribution in [2.75, 3.05) is 25.1 Å². The van der Waals surface area contributed by atoms with Gasteiger partial charge in [0.1, 0.15) is 11.5 Å². The Labute approximate surface area is 200 Å². The minimum Gasteiger partial charge on any atom is -0.492 e. The SMILES string of the molecule is CCOc1ccccc1NC(=O)COC(=O)c1ccc(OCC(=O)N2[C@H](C)CCC[C@H]2C)cc1. The molecule has 2 aromatic carbocycles. The molecule has 8 heteroatoms. The molecule has 34 heavy (non-hydrogen) atoms. The number of esters is 1. The molecular formula is C26H32N2O6. The Kier molecular flexibility index (Phi) is 8.90. The molecule has 2 atom stereocenters. The first-order chi connectivity index (χ1) is 16.4. The van der Waals surface area contributed by atoms with Crippen molar-refractivity contribution in [3.05, 3.63) is 54.1 Å². The summed E-state index contributed by atoms with van der Waals surface area (Å²) in [6.07, 6.45) is 3.14. The minimum atomic E-state index is -0.633. The minimum absolute atomic E-state index is 0.0416. The van der Waals surface area contributed by atoms with Crippen LogP contribution in [0.25, 0.3) is 0 Å². The van der Waals surface area contributed by atoms with Crippen molar-refractivity contribution in [3.8, 4) is 11.5 Å². The van der Waals surface area contributed by atoms with E-state index in [1.165, 1.54) is 12.1 Å². The van der Waals surface area contributed by atoms with E-state index in [0.717, 1.165) is 19.3 Å². The highest BCUT2D eigenvalue weighted by atomic mass is 16.5. The standard InChI is InChI=1S/C26H32N2O6/c1-4-32-23-11-6-5-10-22(23)27-24(29)16-34-26(31)20-12-14-21(15-13-20)33-17-25(30)28-18(2)8-7-9-19(28)3/h5-6,10-15,18-19H,4,7-9,16-17H2,1-3H3,(H,27,29)/t18-,19-/m1/s1. The molecule has 3 rings (SSSR count). The van der Waals surface area contributed by atoms with Gasteiger partial charge in [-0.25, -0.2) is 4.79 Å². The number of rotatable bonds is 9. The second kappa shape index (κ2) is 12.1. The van der Waals surface area contributed by atoms with Crippen LogP contribution < -0.4 is 14.8 Å². The van der Waals surface area contributed by atoms with Gasteiger partial charge in [-0.1, -0.05) is 12.1 Å². The lowest BCUT2D eigenvalue weighted by Crippen LogP contribution is -2.49. The number of ether oxygens (including phenoxy) is 3. The molecule has 182 valence electrons. The van der Waals surface area contributed by atoms with Crippen molar-refractivity contribution in [2.45, 2.75) is 52.1 Å². The number of amides is 2. The molecule has 2 amide bonds. The lowest BCUT2D eigenvalue weighted by atomic mass is 9.97. The van der Waals surface area contributed by atoms with Gasteiger partial charge in [-0.2, -0.15) is 0 Å². The normalized spacial score (nSPS) is 17.6. The Bertz CT molecular complexity index is 981. The van der Waals surface area contributed by atoms with Crippen LogP contribution in [0.5, 0.6) is 11.5 Å². The fourth-order valence-corrected chi connectivity index (χ4v) is 4.07. The van der Waals surface area contributed by atoms with Crippen molar-refractivity contribution in [1.82, 2.24) is 4.90 Å². The van der Waals surface area contributed by atoms with E-state index in [2.05, 4.69) is 19.2 Å². The number of nitrogens with zero attached hydrogens (tertiary/aromatic N) is 1. The monoisotopic (exact) mass is 468 g/mol. The van der Waals surface area contributed by atoms with E-state index in [0.29, 0.717) is 23.8 Å².